The number of ether oxygens (including phenoxy) is 1. The third kappa shape index (κ3) is 2.15. The molecule has 0 aromatic rings. The van der Waals surface area contributed by atoms with Crippen LogP contribution in [0.15, 0.2) is 0 Å². The second kappa shape index (κ2) is 2.53. The Hall–Kier alpha value is 0.250. The third-order valence-electron chi connectivity index (χ3n) is 0.955. The molecule has 0 saturated heterocycles. The Kier molecular flexibility index (Phi) is 1.95. The molecule has 1 aliphatic carbocycles. The quantitative estimate of drug-likeness (QED) is 0.512. The van der Waals surface area contributed by atoms with Gasteiger partial charge in [-0.3, -0.25) is 0 Å². The zero-order valence-corrected chi connectivity index (χ0v) is 4.95. The van der Waals surface area contributed by atoms with Gasteiger partial charge in [0.25, 0.3) is 0 Å². The van der Waals surface area contributed by atoms with E-state index in [4.69, 9.17) is 16.3 Å². The van der Waals surface area contributed by atoms with Crippen molar-refractivity contribution >= 4 is 11.6 Å². The Bertz CT molecular complexity index is 52.0. The van der Waals surface area contributed by atoms with E-state index in [1.54, 1.807) is 0 Å². The van der Waals surface area contributed by atoms with Crippen molar-refractivity contribution in [2.75, 3.05) is 12.5 Å². The van der Waals surface area contributed by atoms with E-state index in [0.29, 0.717) is 12.0 Å². The summed E-state index contributed by atoms with van der Waals surface area (Å²) in [6.07, 6.45) is 3.06. The first-order valence-electron chi connectivity index (χ1n) is 2.61. The van der Waals surface area contributed by atoms with Crippen LogP contribution in [0.5, 0.6) is 0 Å². The van der Waals surface area contributed by atoms with Crippen LogP contribution >= 0.6 is 11.6 Å². The molecule has 42 valence electrons. The molecule has 0 atom stereocenters. The molecule has 1 fully saturated rings. The molecule has 2 heteroatoms. The van der Waals surface area contributed by atoms with Gasteiger partial charge in [0.2, 0.25) is 0 Å². The highest BCUT2D eigenvalue weighted by Gasteiger charge is 2.20. The first kappa shape index (κ1) is 5.39. The Morgan fingerprint density at radius 2 is 2.29 bits per heavy atom. The molecule has 7 heavy (non-hydrogen) atoms. The number of hydrogen-bond acceptors (Lipinski definition) is 1. The maximum atomic E-state index is 5.35. The molecule has 0 radical (unpaired) electrons. The molecule has 0 aromatic carbocycles. The van der Waals surface area contributed by atoms with Gasteiger partial charge in [-0.2, -0.15) is 0 Å². The van der Waals surface area contributed by atoms with E-state index in [-0.39, 0.29) is 0 Å². The van der Waals surface area contributed by atoms with Crippen molar-refractivity contribution in [2.24, 2.45) is 0 Å². The Balaban J connectivity index is 1.80. The van der Waals surface area contributed by atoms with E-state index in [9.17, 15) is 0 Å². The number of alkyl halides is 1. The molecule has 0 bridgehead atoms. The topological polar surface area (TPSA) is 9.23 Å². The summed E-state index contributed by atoms with van der Waals surface area (Å²) in [5, 5.41) is 0. The van der Waals surface area contributed by atoms with Crippen molar-refractivity contribution in [1.29, 1.82) is 0 Å². The van der Waals surface area contributed by atoms with Gasteiger partial charge < -0.3 is 4.74 Å². The van der Waals surface area contributed by atoms with Crippen LogP contribution in [-0.4, -0.2) is 18.6 Å². The average molecular weight is 121 g/mol. The molecular formula is C5H9ClO. The fourth-order valence-corrected chi connectivity index (χ4v) is 0.535. The van der Waals surface area contributed by atoms with Crippen molar-refractivity contribution in [3.63, 3.8) is 0 Å². The Labute approximate surface area is 48.6 Å². The minimum absolute atomic E-state index is 0.568. The van der Waals surface area contributed by atoms with Gasteiger partial charge in [0.1, 0.15) is 0 Å². The lowest BCUT2D eigenvalue weighted by Crippen LogP contribution is -1.95. The van der Waals surface area contributed by atoms with Gasteiger partial charge >= 0.3 is 0 Å². The minimum Gasteiger partial charge on any atom is -0.377 e. The molecule has 0 heterocycles. The van der Waals surface area contributed by atoms with E-state index < -0.39 is 0 Å². The van der Waals surface area contributed by atoms with E-state index in [1.165, 1.54) is 12.8 Å². The van der Waals surface area contributed by atoms with Crippen LogP contribution in [0.1, 0.15) is 12.8 Å². The Morgan fingerprint density at radius 1 is 1.57 bits per heavy atom. The van der Waals surface area contributed by atoms with Crippen LogP contribution in [0.4, 0.5) is 0 Å². The maximum absolute atomic E-state index is 5.35. The smallest absolute Gasteiger partial charge is 0.0605 e. The van der Waals surface area contributed by atoms with Crippen LogP contribution in [0.25, 0.3) is 0 Å². The zero-order valence-electron chi connectivity index (χ0n) is 4.19. The van der Waals surface area contributed by atoms with Gasteiger partial charge in [-0.15, -0.1) is 11.6 Å². The first-order valence-corrected chi connectivity index (χ1v) is 3.14. The summed E-state index contributed by atoms with van der Waals surface area (Å²) in [5.41, 5.74) is 0. The molecule has 0 amide bonds. The highest BCUT2D eigenvalue weighted by molar-refractivity contribution is 6.17. The fraction of sp³-hybridized carbons (Fsp3) is 1.00. The molecule has 0 spiro atoms. The standard InChI is InChI=1S/C5H9ClO/c6-3-4-7-5-1-2-5/h5H,1-4H2. The van der Waals surface area contributed by atoms with E-state index >= 15 is 0 Å². The lowest BCUT2D eigenvalue weighted by Gasteiger charge is -1.93. The number of rotatable bonds is 3. The monoisotopic (exact) mass is 120 g/mol. The van der Waals surface area contributed by atoms with E-state index in [0.717, 1.165) is 6.61 Å². The zero-order chi connectivity index (χ0) is 5.11. The Morgan fingerprint density at radius 3 is 2.71 bits per heavy atom. The predicted octanol–water partition coefficient (Wildman–Crippen LogP) is 1.40. The molecule has 0 aliphatic heterocycles. The minimum atomic E-state index is 0.568. The lowest BCUT2D eigenvalue weighted by atomic mass is 10.8. The van der Waals surface area contributed by atoms with Crippen molar-refractivity contribution in [3.05, 3.63) is 0 Å². The second-order valence-electron chi connectivity index (χ2n) is 1.76. The van der Waals surface area contributed by atoms with Gasteiger partial charge in [0, 0.05) is 5.88 Å². The molecule has 1 rings (SSSR count). The molecule has 0 aromatic heterocycles. The summed E-state index contributed by atoms with van der Waals surface area (Å²) < 4.78 is 5.17. The van der Waals surface area contributed by atoms with Crippen LogP contribution in [0.2, 0.25) is 0 Å². The van der Waals surface area contributed by atoms with Gasteiger partial charge in [0.15, 0.2) is 0 Å². The summed E-state index contributed by atoms with van der Waals surface area (Å²) in [5.74, 6) is 0.635. The highest BCUT2D eigenvalue weighted by atomic mass is 35.5. The number of halogens is 1. The van der Waals surface area contributed by atoms with Gasteiger partial charge in [0.05, 0.1) is 12.7 Å². The summed E-state index contributed by atoms with van der Waals surface area (Å²) >= 11 is 5.35. The largest absolute Gasteiger partial charge is 0.377 e. The van der Waals surface area contributed by atoms with Crippen molar-refractivity contribution in [2.45, 2.75) is 18.9 Å². The van der Waals surface area contributed by atoms with Crippen LogP contribution < -0.4 is 0 Å². The maximum Gasteiger partial charge on any atom is 0.0605 e. The van der Waals surface area contributed by atoms with Gasteiger partial charge in [-0.25, -0.2) is 0 Å². The van der Waals surface area contributed by atoms with Crippen LogP contribution in [0, 0.1) is 0 Å². The summed E-state index contributed by atoms with van der Waals surface area (Å²) in [7, 11) is 0. The number of hydrogen-bond donors (Lipinski definition) is 0. The van der Waals surface area contributed by atoms with Crippen molar-refractivity contribution in [1.82, 2.24) is 0 Å². The van der Waals surface area contributed by atoms with E-state index in [2.05, 4.69) is 0 Å². The molecule has 1 aliphatic rings. The van der Waals surface area contributed by atoms with Crippen molar-refractivity contribution in [3.8, 4) is 0 Å². The predicted molar refractivity (Wildman–Crippen MR) is 29.7 cm³/mol. The van der Waals surface area contributed by atoms with Gasteiger partial charge in [-0.05, 0) is 12.8 Å². The van der Waals surface area contributed by atoms with E-state index in [1.807, 2.05) is 0 Å². The van der Waals surface area contributed by atoms with Crippen molar-refractivity contribution < 1.29 is 4.74 Å². The SMILES string of the molecule is ClCCOC1CC1. The molecule has 0 N–H and O–H groups in total. The lowest BCUT2D eigenvalue weighted by molar-refractivity contribution is 0.134. The fourth-order valence-electron chi connectivity index (χ4n) is 0.446. The normalized spacial score (nSPS) is 20.1. The molecule has 1 saturated carbocycles. The molecule has 1 nitrogen and oxygen atoms in total. The van der Waals surface area contributed by atoms with Crippen LogP contribution in [0.3, 0.4) is 0 Å². The second-order valence-corrected chi connectivity index (χ2v) is 2.14. The summed E-state index contributed by atoms with van der Waals surface area (Å²) in [6, 6.07) is 0. The van der Waals surface area contributed by atoms with Crippen LogP contribution in [-0.2, 0) is 4.74 Å². The molecular weight excluding hydrogens is 112 g/mol. The third-order valence-corrected chi connectivity index (χ3v) is 1.11. The first-order chi connectivity index (χ1) is 3.43. The van der Waals surface area contributed by atoms with Gasteiger partial charge in [-0.1, -0.05) is 0 Å². The summed E-state index contributed by atoms with van der Waals surface area (Å²) in [4.78, 5) is 0. The average Bonchev–Trinajstić information content (AvgIpc) is 2.42. The summed E-state index contributed by atoms with van der Waals surface area (Å²) in [6.45, 7) is 0.728. The molecule has 0 unspecified atom stereocenters. The highest BCUT2D eigenvalue weighted by Crippen LogP contribution is 2.22.